The summed E-state index contributed by atoms with van der Waals surface area (Å²) in [7, 11) is 1.80. The molecule has 0 aromatic rings. The fourth-order valence-electron chi connectivity index (χ4n) is 2.78. The van der Waals surface area contributed by atoms with E-state index in [2.05, 4.69) is 5.32 Å². The van der Waals surface area contributed by atoms with Gasteiger partial charge in [-0.15, -0.1) is 0 Å². The number of amides is 1. The van der Waals surface area contributed by atoms with Gasteiger partial charge in [-0.05, 0) is 52.6 Å². The van der Waals surface area contributed by atoms with E-state index in [0.29, 0.717) is 0 Å². The molecule has 1 aliphatic rings. The van der Waals surface area contributed by atoms with Crippen molar-refractivity contribution in [1.29, 1.82) is 0 Å². The second kappa shape index (κ2) is 9.29. The highest BCUT2D eigenvalue weighted by atomic mass is 16.6. The number of carbonyl (C=O) groups is 1. The molecular weight excluding hydrogens is 264 g/mol. The Bertz CT molecular complexity index is 294. The topological polar surface area (TPSA) is 41.6 Å². The zero-order valence-electron chi connectivity index (χ0n) is 14.4. The van der Waals surface area contributed by atoms with Crippen LogP contribution in [-0.4, -0.2) is 43.3 Å². The van der Waals surface area contributed by atoms with Crippen LogP contribution in [0, 0.1) is 5.92 Å². The molecule has 0 radical (unpaired) electrons. The average Bonchev–Trinajstić information content (AvgIpc) is 2.41. The molecule has 0 aromatic carbocycles. The quantitative estimate of drug-likeness (QED) is 0.727. The first kappa shape index (κ1) is 18.3. The van der Waals surface area contributed by atoms with Crippen molar-refractivity contribution in [2.24, 2.45) is 5.92 Å². The van der Waals surface area contributed by atoms with Crippen LogP contribution in [0.1, 0.15) is 65.7 Å². The molecule has 0 atom stereocenters. The van der Waals surface area contributed by atoms with Crippen molar-refractivity contribution in [1.82, 2.24) is 10.2 Å². The second-order valence-electron chi connectivity index (χ2n) is 7.30. The van der Waals surface area contributed by atoms with E-state index in [0.717, 1.165) is 32.0 Å². The molecule has 1 saturated carbocycles. The van der Waals surface area contributed by atoms with Crippen LogP contribution in [0.5, 0.6) is 0 Å². The first-order chi connectivity index (χ1) is 9.88. The molecule has 0 aromatic heterocycles. The highest BCUT2D eigenvalue weighted by Crippen LogP contribution is 2.25. The maximum Gasteiger partial charge on any atom is 0.410 e. The minimum absolute atomic E-state index is 0.232. The summed E-state index contributed by atoms with van der Waals surface area (Å²) in [6.45, 7) is 8.51. The van der Waals surface area contributed by atoms with E-state index in [9.17, 15) is 4.79 Å². The lowest BCUT2D eigenvalue weighted by Crippen LogP contribution is -2.35. The number of hydrogen-bond acceptors (Lipinski definition) is 3. The first-order valence-corrected chi connectivity index (χ1v) is 8.53. The van der Waals surface area contributed by atoms with Crippen molar-refractivity contribution < 1.29 is 9.53 Å². The monoisotopic (exact) mass is 298 g/mol. The predicted molar refractivity (Wildman–Crippen MR) is 87.5 cm³/mol. The molecule has 1 N–H and O–H groups in total. The molecule has 0 aliphatic heterocycles. The van der Waals surface area contributed by atoms with E-state index in [1.165, 1.54) is 38.5 Å². The summed E-state index contributed by atoms with van der Waals surface area (Å²) < 4.78 is 5.32. The van der Waals surface area contributed by atoms with Crippen molar-refractivity contribution >= 4 is 6.09 Å². The Kier molecular flexibility index (Phi) is 8.09. The van der Waals surface area contributed by atoms with Crippen LogP contribution in [0.2, 0.25) is 0 Å². The molecule has 1 rings (SSSR count). The SMILES string of the molecule is CN(CCCNCCC1CCCCC1)C(=O)OC(C)(C)C. The fraction of sp³-hybridized carbons (Fsp3) is 0.941. The van der Waals surface area contributed by atoms with Crippen LogP contribution in [0.4, 0.5) is 4.79 Å². The number of hydrogen-bond donors (Lipinski definition) is 1. The van der Waals surface area contributed by atoms with E-state index in [-0.39, 0.29) is 6.09 Å². The number of nitrogens with one attached hydrogen (secondary N) is 1. The number of carbonyl (C=O) groups excluding carboxylic acids is 1. The van der Waals surface area contributed by atoms with Gasteiger partial charge >= 0.3 is 6.09 Å². The van der Waals surface area contributed by atoms with Gasteiger partial charge in [-0.2, -0.15) is 0 Å². The maximum atomic E-state index is 11.8. The van der Waals surface area contributed by atoms with Gasteiger partial charge in [0.2, 0.25) is 0 Å². The number of nitrogens with zero attached hydrogens (tertiary/aromatic N) is 1. The minimum atomic E-state index is -0.413. The Morgan fingerprint density at radius 3 is 2.48 bits per heavy atom. The van der Waals surface area contributed by atoms with Gasteiger partial charge in [-0.1, -0.05) is 32.1 Å². The van der Waals surface area contributed by atoms with Crippen molar-refractivity contribution in [3.8, 4) is 0 Å². The molecular formula is C17H34N2O2. The lowest BCUT2D eigenvalue weighted by molar-refractivity contribution is 0.0297. The van der Waals surface area contributed by atoms with Gasteiger partial charge in [0, 0.05) is 13.6 Å². The molecule has 0 saturated heterocycles. The fourth-order valence-corrected chi connectivity index (χ4v) is 2.78. The van der Waals surface area contributed by atoms with E-state index >= 15 is 0 Å². The highest BCUT2D eigenvalue weighted by molar-refractivity contribution is 5.67. The summed E-state index contributed by atoms with van der Waals surface area (Å²) in [5.41, 5.74) is -0.413. The van der Waals surface area contributed by atoms with Gasteiger partial charge in [-0.3, -0.25) is 0 Å². The second-order valence-corrected chi connectivity index (χ2v) is 7.30. The molecule has 0 unspecified atom stereocenters. The Labute approximate surface area is 130 Å². The average molecular weight is 298 g/mol. The molecule has 124 valence electrons. The highest BCUT2D eigenvalue weighted by Gasteiger charge is 2.19. The van der Waals surface area contributed by atoms with Crippen molar-refractivity contribution in [2.45, 2.75) is 71.3 Å². The van der Waals surface area contributed by atoms with Crippen LogP contribution < -0.4 is 5.32 Å². The molecule has 4 nitrogen and oxygen atoms in total. The molecule has 0 bridgehead atoms. The van der Waals surface area contributed by atoms with Crippen LogP contribution in [0.25, 0.3) is 0 Å². The van der Waals surface area contributed by atoms with Crippen molar-refractivity contribution in [2.75, 3.05) is 26.7 Å². The zero-order chi connectivity index (χ0) is 15.7. The largest absolute Gasteiger partial charge is 0.444 e. The number of ether oxygens (including phenoxy) is 1. The van der Waals surface area contributed by atoms with Gasteiger partial charge in [-0.25, -0.2) is 4.79 Å². The molecule has 4 heteroatoms. The molecule has 0 spiro atoms. The van der Waals surface area contributed by atoms with Crippen LogP contribution in [0.15, 0.2) is 0 Å². The van der Waals surface area contributed by atoms with Crippen LogP contribution in [-0.2, 0) is 4.74 Å². The third-order valence-electron chi connectivity index (χ3n) is 4.01. The lowest BCUT2D eigenvalue weighted by Gasteiger charge is -2.24. The first-order valence-electron chi connectivity index (χ1n) is 8.53. The Hall–Kier alpha value is -0.770. The summed E-state index contributed by atoms with van der Waals surface area (Å²) in [4.78, 5) is 13.4. The van der Waals surface area contributed by atoms with E-state index in [1.54, 1.807) is 11.9 Å². The Morgan fingerprint density at radius 2 is 1.86 bits per heavy atom. The zero-order valence-corrected chi connectivity index (χ0v) is 14.4. The van der Waals surface area contributed by atoms with Crippen molar-refractivity contribution in [3.63, 3.8) is 0 Å². The summed E-state index contributed by atoms with van der Waals surface area (Å²) in [5, 5.41) is 3.50. The van der Waals surface area contributed by atoms with Gasteiger partial charge in [0.25, 0.3) is 0 Å². The summed E-state index contributed by atoms with van der Waals surface area (Å²) >= 11 is 0. The molecule has 1 fully saturated rings. The van der Waals surface area contributed by atoms with Gasteiger partial charge < -0.3 is 15.0 Å². The lowest BCUT2D eigenvalue weighted by atomic mass is 9.87. The van der Waals surface area contributed by atoms with Crippen LogP contribution in [0.3, 0.4) is 0 Å². The van der Waals surface area contributed by atoms with E-state index < -0.39 is 5.60 Å². The summed E-state index contributed by atoms with van der Waals surface area (Å²) in [6, 6.07) is 0. The molecule has 0 heterocycles. The van der Waals surface area contributed by atoms with Gasteiger partial charge in [0.05, 0.1) is 0 Å². The minimum Gasteiger partial charge on any atom is -0.444 e. The third kappa shape index (κ3) is 8.97. The third-order valence-corrected chi connectivity index (χ3v) is 4.01. The van der Waals surface area contributed by atoms with Crippen LogP contribution >= 0.6 is 0 Å². The normalized spacial score (nSPS) is 16.8. The Morgan fingerprint density at radius 1 is 1.19 bits per heavy atom. The summed E-state index contributed by atoms with van der Waals surface area (Å²) in [6.07, 6.45) is 9.16. The molecule has 1 amide bonds. The Balaban J connectivity index is 1.99. The van der Waals surface area contributed by atoms with Gasteiger partial charge in [0.1, 0.15) is 5.60 Å². The van der Waals surface area contributed by atoms with Gasteiger partial charge in [0.15, 0.2) is 0 Å². The predicted octanol–water partition coefficient (Wildman–Crippen LogP) is 3.80. The standard InChI is InChI=1S/C17H34N2O2/c1-17(2,3)21-16(20)19(4)14-8-12-18-13-11-15-9-6-5-7-10-15/h15,18H,5-14H2,1-4H3. The molecule has 21 heavy (non-hydrogen) atoms. The number of rotatable bonds is 7. The maximum absolute atomic E-state index is 11.8. The van der Waals surface area contributed by atoms with E-state index in [1.807, 2.05) is 20.8 Å². The molecule has 1 aliphatic carbocycles. The smallest absolute Gasteiger partial charge is 0.410 e. The van der Waals surface area contributed by atoms with E-state index in [4.69, 9.17) is 4.74 Å². The summed E-state index contributed by atoms with van der Waals surface area (Å²) in [5.74, 6) is 0.940. The van der Waals surface area contributed by atoms with Crippen molar-refractivity contribution in [3.05, 3.63) is 0 Å².